The average Bonchev–Trinajstić information content (AvgIpc) is 3.03. The zero-order valence-corrected chi connectivity index (χ0v) is 13.5. The number of benzene rings is 2. The molecule has 2 aromatic carbocycles. The first kappa shape index (κ1) is 17.1. The predicted octanol–water partition coefficient (Wildman–Crippen LogP) is 2.13. The van der Waals surface area contributed by atoms with Gasteiger partial charge in [-0.15, -0.1) is 0 Å². The minimum atomic E-state index is -0.664. The lowest BCUT2D eigenvalue weighted by Crippen LogP contribution is -2.23. The number of imidazole rings is 1. The molecule has 1 heterocycles. The van der Waals surface area contributed by atoms with Crippen molar-refractivity contribution >= 4 is 34.3 Å². The van der Waals surface area contributed by atoms with Gasteiger partial charge in [0.05, 0.1) is 22.3 Å². The largest absolute Gasteiger partial charge is 0.454 e. The fraction of sp³-hybridized carbons (Fsp3) is 0.118. The van der Waals surface area contributed by atoms with Gasteiger partial charge in [0.2, 0.25) is 0 Å². The van der Waals surface area contributed by atoms with Crippen LogP contribution in [0.25, 0.3) is 11.0 Å². The summed E-state index contributed by atoms with van der Waals surface area (Å²) < 4.78 is 6.54. The van der Waals surface area contributed by atoms with Gasteiger partial charge in [-0.05, 0) is 18.2 Å². The molecule has 3 aromatic rings. The van der Waals surface area contributed by atoms with Crippen LogP contribution in [0.2, 0.25) is 0 Å². The zero-order valence-electron chi connectivity index (χ0n) is 13.5. The SMILES string of the molecule is O=C(COC(=O)Cn1cnc2ccccc21)Nc1ccccc1[N+](=O)[O-]. The Morgan fingerprint density at radius 2 is 1.88 bits per heavy atom. The molecule has 0 spiro atoms. The van der Waals surface area contributed by atoms with Crippen LogP contribution >= 0.6 is 0 Å². The van der Waals surface area contributed by atoms with Crippen molar-refractivity contribution in [2.45, 2.75) is 6.54 Å². The quantitative estimate of drug-likeness (QED) is 0.412. The fourth-order valence-electron chi connectivity index (χ4n) is 2.39. The van der Waals surface area contributed by atoms with Crippen molar-refractivity contribution in [1.82, 2.24) is 9.55 Å². The summed E-state index contributed by atoms with van der Waals surface area (Å²) in [6, 6.07) is 13.0. The number of ether oxygens (including phenoxy) is 1. The van der Waals surface area contributed by atoms with Crippen LogP contribution < -0.4 is 5.32 Å². The Kier molecular flexibility index (Phi) is 4.88. The molecule has 0 aliphatic rings. The smallest absolute Gasteiger partial charge is 0.326 e. The molecule has 0 aliphatic heterocycles. The number of nitrogens with zero attached hydrogens (tertiary/aromatic N) is 3. The van der Waals surface area contributed by atoms with Crippen molar-refractivity contribution in [1.29, 1.82) is 0 Å². The molecule has 0 unspecified atom stereocenters. The highest BCUT2D eigenvalue weighted by molar-refractivity contribution is 5.94. The second-order valence-electron chi connectivity index (χ2n) is 5.34. The summed E-state index contributed by atoms with van der Waals surface area (Å²) in [6.07, 6.45) is 1.51. The number of anilines is 1. The number of nitro groups is 1. The number of carbonyl (C=O) groups excluding carboxylic acids is 2. The number of hydrogen-bond donors (Lipinski definition) is 1. The molecule has 9 nitrogen and oxygen atoms in total. The van der Waals surface area contributed by atoms with Gasteiger partial charge in [-0.3, -0.25) is 19.7 Å². The fourth-order valence-corrected chi connectivity index (χ4v) is 2.39. The Bertz CT molecular complexity index is 982. The monoisotopic (exact) mass is 354 g/mol. The van der Waals surface area contributed by atoms with Crippen LogP contribution in [0.1, 0.15) is 0 Å². The van der Waals surface area contributed by atoms with E-state index < -0.39 is 23.4 Å². The number of esters is 1. The summed E-state index contributed by atoms with van der Waals surface area (Å²) in [5.74, 6) is -1.28. The average molecular weight is 354 g/mol. The van der Waals surface area contributed by atoms with Gasteiger partial charge in [0.15, 0.2) is 6.61 Å². The third kappa shape index (κ3) is 3.83. The van der Waals surface area contributed by atoms with Crippen molar-refractivity contribution < 1.29 is 19.2 Å². The van der Waals surface area contributed by atoms with E-state index in [0.29, 0.717) is 0 Å². The summed E-state index contributed by atoms with van der Waals surface area (Å²) in [6.45, 7) is -0.642. The topological polar surface area (TPSA) is 116 Å². The van der Waals surface area contributed by atoms with E-state index in [2.05, 4.69) is 10.3 Å². The molecule has 26 heavy (non-hydrogen) atoms. The maximum Gasteiger partial charge on any atom is 0.326 e. The minimum Gasteiger partial charge on any atom is -0.454 e. The van der Waals surface area contributed by atoms with E-state index in [1.807, 2.05) is 24.3 Å². The number of aromatic nitrogens is 2. The second-order valence-corrected chi connectivity index (χ2v) is 5.34. The number of hydrogen-bond acceptors (Lipinski definition) is 6. The molecule has 0 fully saturated rings. The molecule has 0 bridgehead atoms. The van der Waals surface area contributed by atoms with Crippen LogP contribution in [0.3, 0.4) is 0 Å². The molecular weight excluding hydrogens is 340 g/mol. The van der Waals surface area contributed by atoms with E-state index >= 15 is 0 Å². The Morgan fingerprint density at radius 3 is 2.69 bits per heavy atom. The lowest BCUT2D eigenvalue weighted by atomic mass is 10.2. The number of rotatable bonds is 6. The van der Waals surface area contributed by atoms with E-state index in [1.54, 1.807) is 10.6 Å². The molecule has 3 rings (SSSR count). The molecule has 0 saturated carbocycles. The molecule has 0 aliphatic carbocycles. The van der Waals surface area contributed by atoms with Gasteiger partial charge < -0.3 is 14.6 Å². The predicted molar refractivity (Wildman–Crippen MR) is 92.4 cm³/mol. The molecule has 1 N–H and O–H groups in total. The van der Waals surface area contributed by atoms with E-state index in [1.165, 1.54) is 24.5 Å². The third-order valence-corrected chi connectivity index (χ3v) is 3.57. The molecule has 9 heteroatoms. The standard InChI is InChI=1S/C17H14N4O5/c22-16(19-13-6-2-4-8-15(13)21(24)25)10-26-17(23)9-20-11-18-12-5-1-3-7-14(12)20/h1-8,11H,9-10H2,(H,19,22). The van der Waals surface area contributed by atoms with Crippen LogP contribution in [0.5, 0.6) is 0 Å². The normalized spacial score (nSPS) is 10.5. The Hall–Kier alpha value is -3.75. The number of amides is 1. The Balaban J connectivity index is 1.56. The molecule has 132 valence electrons. The van der Waals surface area contributed by atoms with Gasteiger partial charge >= 0.3 is 5.97 Å². The first-order valence-corrected chi connectivity index (χ1v) is 7.63. The van der Waals surface area contributed by atoms with Crippen molar-refractivity contribution in [3.05, 3.63) is 65.0 Å². The lowest BCUT2D eigenvalue weighted by Gasteiger charge is -2.08. The molecule has 1 aromatic heterocycles. The van der Waals surface area contributed by atoms with E-state index in [4.69, 9.17) is 4.74 Å². The van der Waals surface area contributed by atoms with E-state index in [9.17, 15) is 19.7 Å². The van der Waals surface area contributed by atoms with Crippen molar-refractivity contribution in [2.24, 2.45) is 0 Å². The summed E-state index contributed by atoms with van der Waals surface area (Å²) in [5.41, 5.74) is 1.32. The van der Waals surface area contributed by atoms with Crippen LogP contribution in [0, 0.1) is 10.1 Å². The highest BCUT2D eigenvalue weighted by Crippen LogP contribution is 2.22. The van der Waals surface area contributed by atoms with Gasteiger partial charge in [-0.25, -0.2) is 4.98 Å². The van der Waals surface area contributed by atoms with Crippen LogP contribution in [0.4, 0.5) is 11.4 Å². The lowest BCUT2D eigenvalue weighted by molar-refractivity contribution is -0.383. The van der Waals surface area contributed by atoms with Gasteiger partial charge in [0, 0.05) is 6.07 Å². The van der Waals surface area contributed by atoms with Gasteiger partial charge in [-0.1, -0.05) is 24.3 Å². The number of nitro benzene ring substituents is 1. The van der Waals surface area contributed by atoms with E-state index in [0.717, 1.165) is 11.0 Å². The van der Waals surface area contributed by atoms with Gasteiger partial charge in [-0.2, -0.15) is 0 Å². The van der Waals surface area contributed by atoms with Crippen molar-refractivity contribution in [3.8, 4) is 0 Å². The van der Waals surface area contributed by atoms with E-state index in [-0.39, 0.29) is 17.9 Å². The second kappa shape index (κ2) is 7.43. The van der Waals surface area contributed by atoms with Crippen LogP contribution in [-0.4, -0.2) is 33.0 Å². The maximum atomic E-state index is 11.9. The number of carbonyl (C=O) groups is 2. The van der Waals surface area contributed by atoms with Crippen LogP contribution in [-0.2, 0) is 20.9 Å². The third-order valence-electron chi connectivity index (χ3n) is 3.57. The molecule has 0 radical (unpaired) electrons. The highest BCUT2D eigenvalue weighted by Gasteiger charge is 2.16. The Morgan fingerprint density at radius 1 is 1.15 bits per heavy atom. The first-order chi connectivity index (χ1) is 12.5. The molecular formula is C17H14N4O5. The van der Waals surface area contributed by atoms with Gasteiger partial charge in [0.1, 0.15) is 12.2 Å². The number of fused-ring (bicyclic) bond motifs is 1. The number of nitrogens with one attached hydrogen (secondary N) is 1. The molecule has 0 saturated heterocycles. The minimum absolute atomic E-state index is 0.0409. The summed E-state index contributed by atoms with van der Waals surface area (Å²) in [4.78, 5) is 38.3. The molecule has 1 amide bonds. The van der Waals surface area contributed by atoms with Crippen molar-refractivity contribution in [2.75, 3.05) is 11.9 Å². The number of para-hydroxylation sites is 4. The summed E-state index contributed by atoms with van der Waals surface area (Å²) in [7, 11) is 0. The Labute approximate surface area is 147 Å². The van der Waals surface area contributed by atoms with Crippen LogP contribution in [0.15, 0.2) is 54.9 Å². The highest BCUT2D eigenvalue weighted by atomic mass is 16.6. The first-order valence-electron chi connectivity index (χ1n) is 7.63. The van der Waals surface area contributed by atoms with Crippen molar-refractivity contribution in [3.63, 3.8) is 0 Å². The van der Waals surface area contributed by atoms with Gasteiger partial charge in [0.25, 0.3) is 11.6 Å². The maximum absolute atomic E-state index is 11.9. The summed E-state index contributed by atoms with van der Waals surface area (Å²) >= 11 is 0. The zero-order chi connectivity index (χ0) is 18.5. The molecule has 0 atom stereocenters. The summed E-state index contributed by atoms with van der Waals surface area (Å²) in [5, 5.41) is 13.3.